The fraction of sp³-hybridized carbons (Fsp3) is 0. The Morgan fingerprint density at radius 1 is 1.60 bits per heavy atom. The van der Waals surface area contributed by atoms with Crippen molar-refractivity contribution in [2.45, 2.75) is 0 Å². The molecule has 0 saturated carbocycles. The van der Waals surface area contributed by atoms with Crippen LogP contribution in [0.3, 0.4) is 0 Å². The minimum absolute atomic E-state index is 1.05. The first-order valence-corrected chi connectivity index (χ1v) is 4.23. The summed E-state index contributed by atoms with van der Waals surface area (Å²) in [6.45, 7) is 0. The summed E-state index contributed by atoms with van der Waals surface area (Å²) in [5, 5.41) is 0. The van der Waals surface area contributed by atoms with E-state index in [0.29, 0.717) is 0 Å². The van der Waals surface area contributed by atoms with Crippen LogP contribution in [0.25, 0.3) is 6.08 Å². The van der Waals surface area contributed by atoms with E-state index in [1.165, 1.54) is 6.08 Å². The number of halogens is 1. The van der Waals surface area contributed by atoms with Crippen LogP contribution >= 0.6 is 27.3 Å². The lowest BCUT2D eigenvalue weighted by Gasteiger charge is -1.75. The Labute approximate surface area is 71.5 Å². The molecular weight excluding hydrogens is 212 g/mol. The van der Waals surface area contributed by atoms with Gasteiger partial charge in [0.1, 0.15) is 0 Å². The summed E-state index contributed by atoms with van der Waals surface area (Å²) in [6.07, 6.45) is 4.77. The highest BCUT2D eigenvalue weighted by molar-refractivity contribution is 9.11. The predicted molar refractivity (Wildman–Crippen MR) is 46.7 cm³/mol. The average Bonchev–Trinajstić information content (AvgIpc) is 2.31. The van der Waals surface area contributed by atoms with Gasteiger partial charge in [0.05, 0.1) is 3.79 Å². The number of thiophene rings is 1. The van der Waals surface area contributed by atoms with E-state index in [1.807, 2.05) is 12.1 Å². The second-order valence-corrected chi connectivity index (χ2v) is 4.09. The third-order valence-corrected chi connectivity index (χ3v) is 2.50. The smallest absolute Gasteiger partial charge is 0.225 e. The van der Waals surface area contributed by atoms with E-state index in [9.17, 15) is 4.79 Å². The predicted octanol–water partition coefficient (Wildman–Crippen LogP) is 2.63. The van der Waals surface area contributed by atoms with E-state index in [-0.39, 0.29) is 0 Å². The first-order valence-electron chi connectivity index (χ1n) is 2.62. The Morgan fingerprint density at radius 3 is 2.90 bits per heavy atom. The fourth-order valence-electron chi connectivity index (χ4n) is 0.534. The zero-order valence-electron chi connectivity index (χ0n) is 5.00. The highest BCUT2D eigenvalue weighted by Crippen LogP contribution is 2.22. The summed E-state index contributed by atoms with van der Waals surface area (Å²) in [5.74, 6) is 0. The second kappa shape index (κ2) is 3.68. The molecule has 0 fully saturated rings. The molecule has 0 aromatic carbocycles. The Kier molecular flexibility index (Phi) is 2.83. The van der Waals surface area contributed by atoms with Crippen LogP contribution < -0.4 is 0 Å². The Morgan fingerprint density at radius 2 is 2.40 bits per heavy atom. The van der Waals surface area contributed by atoms with Gasteiger partial charge in [-0.2, -0.15) is 0 Å². The Hall–Kier alpha value is -0.410. The summed E-state index contributed by atoms with van der Waals surface area (Å²) in [7, 11) is 0. The Balaban J connectivity index is 2.75. The molecule has 1 radical (unpaired) electrons. The van der Waals surface area contributed by atoms with Gasteiger partial charge in [0.15, 0.2) is 0 Å². The van der Waals surface area contributed by atoms with Gasteiger partial charge in [-0.3, -0.25) is 4.79 Å². The molecule has 0 aliphatic carbocycles. The molecule has 51 valence electrons. The van der Waals surface area contributed by atoms with Crippen molar-refractivity contribution in [3.05, 3.63) is 26.9 Å². The maximum Gasteiger partial charge on any atom is 0.225 e. The molecule has 0 bridgehead atoms. The van der Waals surface area contributed by atoms with Gasteiger partial charge in [-0.25, -0.2) is 0 Å². The number of hydrogen-bond donors (Lipinski definition) is 0. The minimum atomic E-state index is 1.05. The lowest BCUT2D eigenvalue weighted by molar-refractivity contribution is 0.564. The second-order valence-electron chi connectivity index (χ2n) is 1.59. The summed E-state index contributed by atoms with van der Waals surface area (Å²) < 4.78 is 1.07. The highest BCUT2D eigenvalue weighted by atomic mass is 79.9. The molecule has 0 N–H and O–H groups in total. The SMILES string of the molecule is O=[C]/C=C/c1ccc(Br)s1. The van der Waals surface area contributed by atoms with Gasteiger partial charge in [-0.15, -0.1) is 11.3 Å². The van der Waals surface area contributed by atoms with Crippen molar-refractivity contribution in [1.29, 1.82) is 0 Å². The molecule has 1 nitrogen and oxygen atoms in total. The molecule has 1 aromatic heterocycles. The highest BCUT2D eigenvalue weighted by Gasteiger charge is 1.90. The van der Waals surface area contributed by atoms with Crippen LogP contribution in [0.5, 0.6) is 0 Å². The van der Waals surface area contributed by atoms with Gasteiger partial charge < -0.3 is 0 Å². The van der Waals surface area contributed by atoms with Crippen LogP contribution in [-0.2, 0) is 4.79 Å². The maximum atomic E-state index is 9.77. The normalized spacial score (nSPS) is 10.5. The third-order valence-electron chi connectivity index (χ3n) is 0.910. The molecule has 0 spiro atoms. The van der Waals surface area contributed by atoms with Gasteiger partial charge >= 0.3 is 0 Å². The molecule has 0 unspecified atom stereocenters. The van der Waals surface area contributed by atoms with Crippen molar-refractivity contribution in [3.8, 4) is 0 Å². The monoisotopic (exact) mass is 215 g/mol. The topological polar surface area (TPSA) is 17.1 Å². The lowest BCUT2D eigenvalue weighted by Crippen LogP contribution is -1.57. The van der Waals surface area contributed by atoms with Crippen molar-refractivity contribution in [2.24, 2.45) is 0 Å². The molecule has 3 heteroatoms. The van der Waals surface area contributed by atoms with Crippen molar-refractivity contribution < 1.29 is 4.79 Å². The molecular formula is C7H4BrOS. The lowest BCUT2D eigenvalue weighted by atomic mass is 10.4. The first-order chi connectivity index (χ1) is 4.83. The van der Waals surface area contributed by atoms with Crippen molar-refractivity contribution in [3.63, 3.8) is 0 Å². The molecule has 10 heavy (non-hydrogen) atoms. The molecule has 1 heterocycles. The molecule has 0 atom stereocenters. The van der Waals surface area contributed by atoms with Crippen LogP contribution in [0.4, 0.5) is 0 Å². The van der Waals surface area contributed by atoms with Crippen molar-refractivity contribution >= 4 is 39.6 Å². The van der Waals surface area contributed by atoms with Gasteiger partial charge in [-0.1, -0.05) is 0 Å². The maximum absolute atomic E-state index is 9.77. The zero-order chi connectivity index (χ0) is 7.40. The number of carbonyl (C=O) groups excluding carboxylic acids is 1. The fourth-order valence-corrected chi connectivity index (χ4v) is 1.86. The van der Waals surface area contributed by atoms with Gasteiger partial charge in [-0.05, 0) is 40.2 Å². The molecule has 0 aliphatic rings. The molecule has 0 aliphatic heterocycles. The zero-order valence-corrected chi connectivity index (χ0v) is 7.41. The number of rotatable bonds is 2. The van der Waals surface area contributed by atoms with E-state index in [4.69, 9.17) is 0 Å². The van der Waals surface area contributed by atoms with Crippen LogP contribution in [0.15, 0.2) is 22.0 Å². The minimum Gasteiger partial charge on any atom is -0.286 e. The average molecular weight is 216 g/mol. The molecule has 0 saturated heterocycles. The van der Waals surface area contributed by atoms with Crippen LogP contribution in [0.1, 0.15) is 4.88 Å². The first kappa shape index (κ1) is 7.69. The van der Waals surface area contributed by atoms with Crippen LogP contribution in [0.2, 0.25) is 0 Å². The van der Waals surface area contributed by atoms with Crippen molar-refractivity contribution in [1.82, 2.24) is 0 Å². The van der Waals surface area contributed by atoms with Crippen LogP contribution in [0, 0.1) is 0 Å². The van der Waals surface area contributed by atoms with Crippen LogP contribution in [-0.4, -0.2) is 6.29 Å². The standard InChI is InChI=1S/C7H4BrOS/c8-7-4-3-6(10-7)2-1-5-9/h1-4H/b2-1+. The summed E-state index contributed by atoms with van der Waals surface area (Å²) in [4.78, 5) is 10.8. The number of allylic oxidation sites excluding steroid dienone is 1. The largest absolute Gasteiger partial charge is 0.286 e. The van der Waals surface area contributed by atoms with Gasteiger partial charge in [0.25, 0.3) is 0 Å². The quantitative estimate of drug-likeness (QED) is 0.694. The summed E-state index contributed by atoms with van der Waals surface area (Å²) in [5.41, 5.74) is 0. The molecule has 1 rings (SSSR count). The van der Waals surface area contributed by atoms with E-state index in [0.717, 1.165) is 8.66 Å². The summed E-state index contributed by atoms with van der Waals surface area (Å²) in [6, 6.07) is 3.87. The van der Waals surface area contributed by atoms with E-state index >= 15 is 0 Å². The molecule has 0 amide bonds. The van der Waals surface area contributed by atoms with Gasteiger partial charge in [0.2, 0.25) is 6.29 Å². The molecule has 1 aromatic rings. The third kappa shape index (κ3) is 2.08. The summed E-state index contributed by atoms with van der Waals surface area (Å²) >= 11 is 4.89. The number of hydrogen-bond acceptors (Lipinski definition) is 2. The van der Waals surface area contributed by atoms with Crippen molar-refractivity contribution in [2.75, 3.05) is 0 Å². The Bertz CT molecular complexity index is 252. The van der Waals surface area contributed by atoms with E-state index < -0.39 is 0 Å². The van der Waals surface area contributed by atoms with Gasteiger partial charge in [0, 0.05) is 4.88 Å². The van der Waals surface area contributed by atoms with E-state index in [1.54, 1.807) is 23.7 Å². The van der Waals surface area contributed by atoms with E-state index in [2.05, 4.69) is 15.9 Å².